The quantitative estimate of drug-likeness (QED) is 0.868. The van der Waals surface area contributed by atoms with Crippen molar-refractivity contribution in [3.05, 3.63) is 29.8 Å². The van der Waals surface area contributed by atoms with Crippen LogP contribution in [-0.4, -0.2) is 30.6 Å². The summed E-state index contributed by atoms with van der Waals surface area (Å²) in [5, 5.41) is 12.5. The van der Waals surface area contributed by atoms with Gasteiger partial charge in [0, 0.05) is 24.3 Å². The van der Waals surface area contributed by atoms with Crippen LogP contribution in [0.4, 0.5) is 5.69 Å². The minimum absolute atomic E-state index is 0.491. The Hall–Kier alpha value is -1.53. The highest BCUT2D eigenvalue weighted by Crippen LogP contribution is 2.24. The van der Waals surface area contributed by atoms with Crippen molar-refractivity contribution in [2.24, 2.45) is 5.92 Å². The average Bonchev–Trinajstić information content (AvgIpc) is 2.36. The number of rotatable bonds is 2. The Morgan fingerprint density at radius 2 is 2.17 bits per heavy atom. The van der Waals surface area contributed by atoms with Crippen LogP contribution >= 0.6 is 0 Å². The molecule has 3 unspecified atom stereocenters. The van der Waals surface area contributed by atoms with Crippen molar-refractivity contribution in [3.63, 3.8) is 0 Å². The number of piperidine rings is 1. The van der Waals surface area contributed by atoms with Gasteiger partial charge in [-0.2, -0.15) is 5.26 Å². The van der Waals surface area contributed by atoms with E-state index in [9.17, 15) is 0 Å². The van der Waals surface area contributed by atoms with Gasteiger partial charge in [-0.3, -0.25) is 0 Å². The van der Waals surface area contributed by atoms with Crippen LogP contribution in [0.25, 0.3) is 0 Å². The summed E-state index contributed by atoms with van der Waals surface area (Å²) in [6.07, 6.45) is 1.15. The molecule has 3 atom stereocenters. The Kier molecular flexibility index (Phi) is 3.88. The van der Waals surface area contributed by atoms with E-state index < -0.39 is 0 Å². The molecule has 1 aromatic rings. The zero-order valence-electron chi connectivity index (χ0n) is 11.4. The standard InChI is InChI=1S/C15H21N3/c1-11-10-18(3)12(2)7-15(11)17-14-6-4-5-13(8-14)9-16/h4-6,8,11-12,15,17H,7,10H2,1-3H3. The molecule has 1 saturated heterocycles. The molecule has 96 valence electrons. The SMILES string of the molecule is CC1CN(C)C(C)CC1Nc1cccc(C#N)c1. The van der Waals surface area contributed by atoms with Gasteiger partial charge in [-0.25, -0.2) is 0 Å². The van der Waals surface area contributed by atoms with Crippen LogP contribution in [0.3, 0.4) is 0 Å². The predicted molar refractivity (Wildman–Crippen MR) is 74.4 cm³/mol. The number of hydrogen-bond acceptors (Lipinski definition) is 3. The number of nitrogens with one attached hydrogen (secondary N) is 1. The summed E-state index contributed by atoms with van der Waals surface area (Å²) in [7, 11) is 2.19. The van der Waals surface area contributed by atoms with Gasteiger partial charge >= 0.3 is 0 Å². The number of likely N-dealkylation sites (tertiary alicyclic amines) is 1. The second-order valence-corrected chi connectivity index (χ2v) is 5.45. The molecule has 1 aromatic carbocycles. The summed E-state index contributed by atoms with van der Waals surface area (Å²) in [5.74, 6) is 0.622. The summed E-state index contributed by atoms with van der Waals surface area (Å²) in [5.41, 5.74) is 1.77. The molecule has 1 N–H and O–H groups in total. The first-order valence-corrected chi connectivity index (χ1v) is 6.57. The smallest absolute Gasteiger partial charge is 0.0992 e. The van der Waals surface area contributed by atoms with E-state index in [1.807, 2.05) is 24.3 Å². The second kappa shape index (κ2) is 5.41. The molecule has 1 aliphatic rings. The molecule has 0 saturated carbocycles. The Bertz CT molecular complexity index is 449. The molecule has 0 aliphatic carbocycles. The van der Waals surface area contributed by atoms with Gasteiger partial charge in [-0.15, -0.1) is 0 Å². The van der Waals surface area contributed by atoms with Gasteiger partial charge in [-0.1, -0.05) is 13.0 Å². The maximum Gasteiger partial charge on any atom is 0.0992 e. The second-order valence-electron chi connectivity index (χ2n) is 5.45. The number of benzene rings is 1. The van der Waals surface area contributed by atoms with Crippen LogP contribution < -0.4 is 5.32 Å². The predicted octanol–water partition coefficient (Wildman–Crippen LogP) is 2.70. The Balaban J connectivity index is 2.06. The van der Waals surface area contributed by atoms with E-state index in [4.69, 9.17) is 5.26 Å². The average molecular weight is 243 g/mol. The number of nitriles is 1. The van der Waals surface area contributed by atoms with Crippen LogP contribution in [0, 0.1) is 17.2 Å². The van der Waals surface area contributed by atoms with E-state index in [-0.39, 0.29) is 0 Å². The van der Waals surface area contributed by atoms with Crippen molar-refractivity contribution in [2.75, 3.05) is 18.9 Å². The summed E-state index contributed by atoms with van der Waals surface area (Å²) < 4.78 is 0. The summed E-state index contributed by atoms with van der Waals surface area (Å²) in [4.78, 5) is 2.41. The molecule has 1 aliphatic heterocycles. The van der Waals surface area contributed by atoms with Gasteiger partial charge in [-0.05, 0) is 44.5 Å². The van der Waals surface area contributed by atoms with Gasteiger partial charge in [0.05, 0.1) is 11.6 Å². The molecule has 0 aromatic heterocycles. The van der Waals surface area contributed by atoms with E-state index in [0.717, 1.165) is 18.7 Å². The maximum absolute atomic E-state index is 8.91. The molecule has 0 bridgehead atoms. The highest BCUT2D eigenvalue weighted by Gasteiger charge is 2.28. The summed E-state index contributed by atoms with van der Waals surface area (Å²) in [6.45, 7) is 5.68. The fourth-order valence-corrected chi connectivity index (χ4v) is 2.63. The van der Waals surface area contributed by atoms with Crippen molar-refractivity contribution < 1.29 is 0 Å². The van der Waals surface area contributed by atoms with Crippen molar-refractivity contribution in [1.29, 1.82) is 5.26 Å². The lowest BCUT2D eigenvalue weighted by atomic mass is 9.89. The van der Waals surface area contributed by atoms with E-state index in [1.165, 1.54) is 0 Å². The molecular formula is C15H21N3. The number of hydrogen-bond donors (Lipinski definition) is 1. The topological polar surface area (TPSA) is 39.1 Å². The normalized spacial score (nSPS) is 28.7. The lowest BCUT2D eigenvalue weighted by Crippen LogP contribution is -2.48. The Morgan fingerprint density at radius 3 is 2.89 bits per heavy atom. The van der Waals surface area contributed by atoms with Crippen LogP contribution in [0.5, 0.6) is 0 Å². The Morgan fingerprint density at radius 1 is 1.39 bits per heavy atom. The zero-order valence-corrected chi connectivity index (χ0v) is 11.4. The van der Waals surface area contributed by atoms with Crippen LogP contribution in [-0.2, 0) is 0 Å². The van der Waals surface area contributed by atoms with Crippen LogP contribution in [0.1, 0.15) is 25.8 Å². The fourth-order valence-electron chi connectivity index (χ4n) is 2.63. The molecule has 3 nitrogen and oxygen atoms in total. The fraction of sp³-hybridized carbons (Fsp3) is 0.533. The number of nitrogens with zero attached hydrogens (tertiary/aromatic N) is 2. The molecule has 0 radical (unpaired) electrons. The number of anilines is 1. The molecule has 1 fully saturated rings. The first-order valence-electron chi connectivity index (χ1n) is 6.57. The van der Waals surface area contributed by atoms with E-state index in [0.29, 0.717) is 23.6 Å². The van der Waals surface area contributed by atoms with Gasteiger partial charge in [0.25, 0.3) is 0 Å². The first kappa shape index (κ1) is 12.9. The third-order valence-corrected chi connectivity index (χ3v) is 3.95. The molecule has 18 heavy (non-hydrogen) atoms. The van der Waals surface area contributed by atoms with Gasteiger partial charge in [0.1, 0.15) is 0 Å². The highest BCUT2D eigenvalue weighted by atomic mass is 15.2. The largest absolute Gasteiger partial charge is 0.382 e. The minimum atomic E-state index is 0.491. The molecule has 0 amide bonds. The molecule has 2 rings (SSSR count). The molecule has 1 heterocycles. The van der Waals surface area contributed by atoms with Crippen molar-refractivity contribution in [1.82, 2.24) is 4.90 Å². The molecular weight excluding hydrogens is 222 g/mol. The highest BCUT2D eigenvalue weighted by molar-refractivity contribution is 5.49. The third kappa shape index (κ3) is 2.83. The van der Waals surface area contributed by atoms with E-state index >= 15 is 0 Å². The lowest BCUT2D eigenvalue weighted by Gasteiger charge is -2.40. The third-order valence-electron chi connectivity index (χ3n) is 3.95. The van der Waals surface area contributed by atoms with Crippen molar-refractivity contribution in [2.45, 2.75) is 32.4 Å². The van der Waals surface area contributed by atoms with Crippen LogP contribution in [0.15, 0.2) is 24.3 Å². The molecule has 3 heteroatoms. The monoisotopic (exact) mass is 243 g/mol. The zero-order chi connectivity index (χ0) is 13.1. The van der Waals surface area contributed by atoms with Crippen LogP contribution in [0.2, 0.25) is 0 Å². The van der Waals surface area contributed by atoms with Crippen molar-refractivity contribution >= 4 is 5.69 Å². The maximum atomic E-state index is 8.91. The van der Waals surface area contributed by atoms with Gasteiger partial charge in [0.15, 0.2) is 0 Å². The Labute approximate surface area is 109 Å². The molecule has 0 spiro atoms. The summed E-state index contributed by atoms with van der Waals surface area (Å²) >= 11 is 0. The lowest BCUT2D eigenvalue weighted by molar-refractivity contribution is 0.145. The summed E-state index contributed by atoms with van der Waals surface area (Å²) in [6, 6.07) is 11.0. The van der Waals surface area contributed by atoms with Crippen molar-refractivity contribution in [3.8, 4) is 6.07 Å². The first-order chi connectivity index (χ1) is 8.60. The minimum Gasteiger partial charge on any atom is -0.382 e. The van der Waals surface area contributed by atoms with Gasteiger partial charge in [0.2, 0.25) is 0 Å². The van der Waals surface area contributed by atoms with Gasteiger partial charge < -0.3 is 10.2 Å². The van der Waals surface area contributed by atoms with E-state index in [1.54, 1.807) is 0 Å². The van der Waals surface area contributed by atoms with E-state index in [2.05, 4.69) is 37.2 Å².